The lowest BCUT2D eigenvalue weighted by molar-refractivity contribution is -0.145. The lowest BCUT2D eigenvalue weighted by atomic mass is 10.0. The summed E-state index contributed by atoms with van der Waals surface area (Å²) in [5, 5.41) is 5.01. The smallest absolute Gasteiger partial charge is 0.328 e. The molecule has 0 heterocycles. The number of amides is 2. The lowest BCUT2D eigenvalue weighted by Gasteiger charge is -2.22. The molecule has 2 atom stereocenters. The molecule has 0 saturated carbocycles. The molecule has 2 amide bonds. The maximum absolute atomic E-state index is 13.4. The van der Waals surface area contributed by atoms with E-state index in [0.29, 0.717) is 12.0 Å². The SMILES string of the molecule is CCC(=O)CC[C@H](NC(=O)[C@@H](Cc1cccc(F)c1)NC(C)=O)C(=O)OC. The predicted octanol–water partition coefficient (Wildman–Crippen LogP) is 1.29. The van der Waals surface area contributed by atoms with E-state index in [1.165, 1.54) is 32.2 Å². The van der Waals surface area contributed by atoms with Gasteiger partial charge in [0.25, 0.3) is 0 Å². The number of carbonyl (C=O) groups is 4. The number of hydrogen-bond acceptors (Lipinski definition) is 5. The van der Waals surface area contributed by atoms with Gasteiger partial charge in [-0.1, -0.05) is 19.1 Å². The highest BCUT2D eigenvalue weighted by atomic mass is 19.1. The van der Waals surface area contributed by atoms with Gasteiger partial charge in [-0.15, -0.1) is 0 Å². The second-order valence-electron chi connectivity index (χ2n) is 6.10. The number of rotatable bonds is 10. The molecule has 7 nitrogen and oxygen atoms in total. The Morgan fingerprint density at radius 2 is 1.85 bits per heavy atom. The Kier molecular flexibility index (Phi) is 9.12. The quantitative estimate of drug-likeness (QED) is 0.596. The van der Waals surface area contributed by atoms with Crippen molar-refractivity contribution in [3.05, 3.63) is 35.6 Å². The molecule has 1 aromatic carbocycles. The van der Waals surface area contributed by atoms with Gasteiger partial charge in [-0.25, -0.2) is 9.18 Å². The fourth-order valence-corrected chi connectivity index (χ4v) is 2.50. The molecule has 0 spiro atoms. The predicted molar refractivity (Wildman–Crippen MR) is 96.2 cm³/mol. The zero-order valence-corrected chi connectivity index (χ0v) is 15.7. The van der Waals surface area contributed by atoms with Crippen LogP contribution in [-0.4, -0.2) is 42.8 Å². The van der Waals surface area contributed by atoms with Gasteiger partial charge >= 0.3 is 5.97 Å². The van der Waals surface area contributed by atoms with Gasteiger partial charge in [0.2, 0.25) is 11.8 Å². The van der Waals surface area contributed by atoms with Gasteiger partial charge in [-0.3, -0.25) is 14.4 Å². The molecule has 1 aromatic rings. The second-order valence-corrected chi connectivity index (χ2v) is 6.10. The molecule has 0 aliphatic heterocycles. The van der Waals surface area contributed by atoms with Crippen LogP contribution < -0.4 is 10.6 Å². The van der Waals surface area contributed by atoms with Gasteiger partial charge in [-0.2, -0.15) is 0 Å². The molecule has 0 aromatic heterocycles. The summed E-state index contributed by atoms with van der Waals surface area (Å²) in [4.78, 5) is 47.5. The molecule has 0 unspecified atom stereocenters. The van der Waals surface area contributed by atoms with Crippen LogP contribution in [0.4, 0.5) is 4.39 Å². The normalized spacial score (nSPS) is 12.6. The van der Waals surface area contributed by atoms with E-state index in [1.54, 1.807) is 13.0 Å². The highest BCUT2D eigenvalue weighted by Crippen LogP contribution is 2.09. The lowest BCUT2D eigenvalue weighted by Crippen LogP contribution is -2.52. The van der Waals surface area contributed by atoms with Crippen molar-refractivity contribution in [2.75, 3.05) is 7.11 Å². The van der Waals surface area contributed by atoms with Crippen molar-refractivity contribution < 1.29 is 28.3 Å². The molecule has 0 aliphatic carbocycles. The van der Waals surface area contributed by atoms with E-state index >= 15 is 0 Å². The van der Waals surface area contributed by atoms with Crippen LogP contribution in [0.3, 0.4) is 0 Å². The third kappa shape index (κ3) is 7.98. The summed E-state index contributed by atoms with van der Waals surface area (Å²) in [5.41, 5.74) is 0.514. The van der Waals surface area contributed by atoms with Crippen molar-refractivity contribution in [2.45, 2.75) is 51.6 Å². The van der Waals surface area contributed by atoms with E-state index in [4.69, 9.17) is 0 Å². The zero-order chi connectivity index (χ0) is 20.4. The maximum Gasteiger partial charge on any atom is 0.328 e. The van der Waals surface area contributed by atoms with Crippen molar-refractivity contribution in [3.8, 4) is 0 Å². The summed E-state index contributed by atoms with van der Waals surface area (Å²) < 4.78 is 18.0. The third-order valence-electron chi connectivity index (χ3n) is 3.93. The molecule has 8 heteroatoms. The molecule has 27 heavy (non-hydrogen) atoms. The monoisotopic (exact) mass is 380 g/mol. The minimum Gasteiger partial charge on any atom is -0.467 e. The minimum atomic E-state index is -1.01. The summed E-state index contributed by atoms with van der Waals surface area (Å²) in [6.45, 7) is 2.96. The Labute approximate surface area is 157 Å². The number of nitrogens with one attached hydrogen (secondary N) is 2. The van der Waals surface area contributed by atoms with Crippen LogP contribution in [0.15, 0.2) is 24.3 Å². The fourth-order valence-electron chi connectivity index (χ4n) is 2.50. The molecule has 0 bridgehead atoms. The molecule has 148 valence electrons. The van der Waals surface area contributed by atoms with E-state index in [1.807, 2.05) is 0 Å². The number of carbonyl (C=O) groups excluding carboxylic acids is 4. The van der Waals surface area contributed by atoms with Crippen LogP contribution in [0.2, 0.25) is 0 Å². The van der Waals surface area contributed by atoms with Crippen LogP contribution in [-0.2, 0) is 30.3 Å². The van der Waals surface area contributed by atoms with Crippen LogP contribution in [0, 0.1) is 5.82 Å². The Bertz CT molecular complexity index is 692. The second kappa shape index (κ2) is 11.1. The minimum absolute atomic E-state index is 0.0451. The van der Waals surface area contributed by atoms with E-state index in [-0.39, 0.29) is 25.0 Å². The molecule has 0 fully saturated rings. The molecule has 0 saturated heterocycles. The highest BCUT2D eigenvalue weighted by molar-refractivity contribution is 5.90. The first kappa shape index (κ1) is 22.3. The average Bonchev–Trinajstić information content (AvgIpc) is 2.63. The van der Waals surface area contributed by atoms with Gasteiger partial charge in [0.05, 0.1) is 7.11 Å². The first-order chi connectivity index (χ1) is 12.8. The average molecular weight is 380 g/mol. The highest BCUT2D eigenvalue weighted by Gasteiger charge is 2.27. The first-order valence-corrected chi connectivity index (χ1v) is 8.68. The number of hydrogen-bond donors (Lipinski definition) is 2. The van der Waals surface area contributed by atoms with Crippen LogP contribution in [0.5, 0.6) is 0 Å². The summed E-state index contributed by atoms with van der Waals surface area (Å²) in [6, 6.07) is 3.65. The Morgan fingerprint density at radius 3 is 2.41 bits per heavy atom. The van der Waals surface area contributed by atoms with E-state index in [9.17, 15) is 23.6 Å². The number of Topliss-reactive ketones (excluding diaryl/α,β-unsaturated/α-hetero) is 1. The van der Waals surface area contributed by atoms with Crippen molar-refractivity contribution in [3.63, 3.8) is 0 Å². The summed E-state index contributed by atoms with van der Waals surface area (Å²) in [5.74, 6) is -2.24. The van der Waals surface area contributed by atoms with Crippen LogP contribution in [0.25, 0.3) is 0 Å². The number of ether oxygens (including phenoxy) is 1. The van der Waals surface area contributed by atoms with E-state index < -0.39 is 35.7 Å². The summed E-state index contributed by atoms with van der Waals surface area (Å²) in [7, 11) is 1.18. The van der Waals surface area contributed by atoms with Gasteiger partial charge < -0.3 is 15.4 Å². The molecular weight excluding hydrogens is 355 g/mol. The van der Waals surface area contributed by atoms with Crippen molar-refractivity contribution in [1.29, 1.82) is 0 Å². The first-order valence-electron chi connectivity index (χ1n) is 8.68. The van der Waals surface area contributed by atoms with Crippen LogP contribution >= 0.6 is 0 Å². The summed E-state index contributed by atoms with van der Waals surface area (Å²) in [6.07, 6.45) is 0.587. The van der Waals surface area contributed by atoms with E-state index in [2.05, 4.69) is 15.4 Å². The molecule has 2 N–H and O–H groups in total. The van der Waals surface area contributed by atoms with Crippen LogP contribution in [0.1, 0.15) is 38.7 Å². The Morgan fingerprint density at radius 1 is 1.15 bits per heavy atom. The summed E-state index contributed by atoms with van der Waals surface area (Å²) >= 11 is 0. The molecule has 0 aliphatic rings. The van der Waals surface area contributed by atoms with Crippen molar-refractivity contribution >= 4 is 23.6 Å². The number of ketones is 1. The molecular formula is C19H25FN2O5. The topological polar surface area (TPSA) is 102 Å². The van der Waals surface area contributed by atoms with Gasteiger partial charge in [0.15, 0.2) is 0 Å². The molecule has 0 radical (unpaired) electrons. The number of halogens is 1. The van der Waals surface area contributed by atoms with Gasteiger partial charge in [0, 0.05) is 26.2 Å². The Balaban J connectivity index is 2.88. The van der Waals surface area contributed by atoms with Gasteiger partial charge in [-0.05, 0) is 24.1 Å². The van der Waals surface area contributed by atoms with E-state index in [0.717, 1.165) is 0 Å². The molecule has 1 rings (SSSR count). The Hall–Kier alpha value is -2.77. The zero-order valence-electron chi connectivity index (χ0n) is 15.7. The standard InChI is InChI=1S/C19H25FN2O5/c1-4-15(24)8-9-16(19(26)27-3)22-18(25)17(21-12(2)23)11-13-6-5-7-14(20)10-13/h5-7,10,16-17H,4,8-9,11H2,1-3H3,(H,21,23)(H,22,25)/t16-,17+/m0/s1. The largest absolute Gasteiger partial charge is 0.467 e. The fraction of sp³-hybridized carbons (Fsp3) is 0.474. The number of esters is 1. The maximum atomic E-state index is 13.4. The van der Waals surface area contributed by atoms with Crippen molar-refractivity contribution in [1.82, 2.24) is 10.6 Å². The third-order valence-corrected chi connectivity index (χ3v) is 3.93. The van der Waals surface area contributed by atoms with Gasteiger partial charge in [0.1, 0.15) is 23.7 Å². The number of methoxy groups -OCH3 is 1. The number of benzene rings is 1. The van der Waals surface area contributed by atoms with Crippen molar-refractivity contribution in [2.24, 2.45) is 0 Å².